The highest BCUT2D eigenvalue weighted by Crippen LogP contribution is 2.29. The topological polar surface area (TPSA) is 107 Å². The summed E-state index contributed by atoms with van der Waals surface area (Å²) in [4.78, 5) is 0. The van der Waals surface area contributed by atoms with E-state index in [-0.39, 0.29) is 6.42 Å². The van der Waals surface area contributed by atoms with Crippen molar-refractivity contribution < 1.29 is 39.0 Å². The molecule has 0 saturated carbocycles. The first kappa shape index (κ1) is 18.0. The first-order valence-corrected chi connectivity index (χ1v) is 7.45. The van der Waals surface area contributed by atoms with Crippen molar-refractivity contribution in [2.45, 2.75) is 75.6 Å². The van der Waals surface area contributed by atoms with Gasteiger partial charge in [0, 0.05) is 20.6 Å². The van der Waals surface area contributed by atoms with Gasteiger partial charge in [-0.2, -0.15) is 0 Å². The lowest BCUT2D eigenvalue weighted by molar-refractivity contribution is -0.337. The van der Waals surface area contributed by atoms with E-state index in [1.165, 1.54) is 14.2 Å². The second-order valence-electron chi connectivity index (χ2n) is 5.80. The van der Waals surface area contributed by atoms with E-state index in [2.05, 4.69) is 0 Å². The summed E-state index contributed by atoms with van der Waals surface area (Å²) in [5.74, 6) is 0. The molecule has 22 heavy (non-hydrogen) atoms. The van der Waals surface area contributed by atoms with E-state index in [1.807, 2.05) is 0 Å². The van der Waals surface area contributed by atoms with Crippen LogP contribution in [0.5, 0.6) is 0 Å². The third-order valence-corrected chi connectivity index (χ3v) is 4.28. The molecule has 0 aromatic rings. The van der Waals surface area contributed by atoms with E-state index in [4.69, 9.17) is 23.7 Å². The molecule has 0 spiro atoms. The summed E-state index contributed by atoms with van der Waals surface area (Å²) in [5.41, 5.74) is 0. The van der Waals surface area contributed by atoms with Crippen LogP contribution in [0.3, 0.4) is 0 Å². The maximum atomic E-state index is 10.3. The Morgan fingerprint density at radius 3 is 2.14 bits per heavy atom. The van der Waals surface area contributed by atoms with Crippen LogP contribution in [-0.2, 0) is 23.7 Å². The Morgan fingerprint density at radius 1 is 0.864 bits per heavy atom. The van der Waals surface area contributed by atoms with Gasteiger partial charge in [-0.3, -0.25) is 0 Å². The molecule has 9 atom stereocenters. The summed E-state index contributed by atoms with van der Waals surface area (Å²) >= 11 is 0. The molecular formula is C14H26O8. The van der Waals surface area contributed by atoms with Crippen molar-refractivity contribution in [1.29, 1.82) is 0 Å². The van der Waals surface area contributed by atoms with Crippen LogP contribution in [0.2, 0.25) is 0 Å². The molecule has 8 heteroatoms. The summed E-state index contributed by atoms with van der Waals surface area (Å²) in [5, 5.41) is 29.9. The minimum atomic E-state index is -1.15. The van der Waals surface area contributed by atoms with E-state index in [9.17, 15) is 15.3 Å². The molecule has 0 bridgehead atoms. The fraction of sp³-hybridized carbons (Fsp3) is 1.00. The molecule has 130 valence electrons. The Bertz CT molecular complexity index is 354. The summed E-state index contributed by atoms with van der Waals surface area (Å²) in [7, 11) is 2.93. The molecule has 0 aromatic carbocycles. The largest absolute Gasteiger partial charge is 0.388 e. The van der Waals surface area contributed by atoms with Gasteiger partial charge < -0.3 is 39.0 Å². The molecule has 2 saturated heterocycles. The van der Waals surface area contributed by atoms with Crippen LogP contribution in [0.4, 0.5) is 0 Å². The van der Waals surface area contributed by atoms with Gasteiger partial charge in [0.1, 0.15) is 24.4 Å². The van der Waals surface area contributed by atoms with Crippen LogP contribution in [0.15, 0.2) is 0 Å². The molecule has 2 aliphatic rings. The summed E-state index contributed by atoms with van der Waals surface area (Å²) in [6.45, 7) is 3.43. The number of aliphatic hydroxyl groups excluding tert-OH is 3. The molecule has 3 N–H and O–H groups in total. The fourth-order valence-corrected chi connectivity index (χ4v) is 2.99. The van der Waals surface area contributed by atoms with Crippen molar-refractivity contribution in [3.05, 3.63) is 0 Å². The lowest BCUT2D eigenvalue weighted by Crippen LogP contribution is -2.60. The molecule has 0 amide bonds. The number of ether oxygens (including phenoxy) is 5. The lowest BCUT2D eigenvalue weighted by atomic mass is 9.98. The van der Waals surface area contributed by atoms with Gasteiger partial charge in [0.05, 0.1) is 18.3 Å². The van der Waals surface area contributed by atoms with Crippen LogP contribution in [0, 0.1) is 0 Å². The van der Waals surface area contributed by atoms with E-state index in [0.717, 1.165) is 0 Å². The molecule has 2 rings (SSSR count). The molecule has 8 nitrogen and oxygen atoms in total. The highest BCUT2D eigenvalue weighted by atomic mass is 16.7. The summed E-state index contributed by atoms with van der Waals surface area (Å²) < 4.78 is 27.2. The van der Waals surface area contributed by atoms with Crippen molar-refractivity contribution in [3.8, 4) is 0 Å². The van der Waals surface area contributed by atoms with Gasteiger partial charge in [-0.25, -0.2) is 0 Å². The second-order valence-corrected chi connectivity index (χ2v) is 5.80. The molecule has 0 aromatic heterocycles. The van der Waals surface area contributed by atoms with Gasteiger partial charge in [0.25, 0.3) is 0 Å². The zero-order valence-electron chi connectivity index (χ0n) is 13.3. The molecule has 2 heterocycles. The number of methoxy groups -OCH3 is 2. The predicted molar refractivity (Wildman–Crippen MR) is 74.0 cm³/mol. The average Bonchev–Trinajstić information content (AvgIpc) is 2.47. The monoisotopic (exact) mass is 322 g/mol. The summed E-state index contributed by atoms with van der Waals surface area (Å²) in [6, 6.07) is 0. The van der Waals surface area contributed by atoms with Gasteiger partial charge in [0.2, 0.25) is 0 Å². The molecule has 0 radical (unpaired) electrons. The van der Waals surface area contributed by atoms with Crippen LogP contribution in [0.25, 0.3) is 0 Å². The molecule has 2 fully saturated rings. The van der Waals surface area contributed by atoms with E-state index in [1.54, 1.807) is 13.8 Å². The molecule has 2 aliphatic heterocycles. The molecular weight excluding hydrogens is 296 g/mol. The average molecular weight is 322 g/mol. The Kier molecular flexibility index (Phi) is 6.14. The second kappa shape index (κ2) is 7.50. The SMILES string of the molecule is CO[C@H]1[C@@H](O)[C@H](O[C@@H]2[C@@H](C)O[C@@H](O)C[C@H]2OC)O[C@H](C)[C@H]1O. The smallest absolute Gasteiger partial charge is 0.187 e. The van der Waals surface area contributed by atoms with Crippen molar-refractivity contribution in [2.24, 2.45) is 0 Å². The Balaban J connectivity index is 2.07. The number of rotatable bonds is 4. The van der Waals surface area contributed by atoms with Crippen molar-refractivity contribution in [3.63, 3.8) is 0 Å². The van der Waals surface area contributed by atoms with Crippen LogP contribution < -0.4 is 0 Å². The van der Waals surface area contributed by atoms with E-state index in [0.29, 0.717) is 0 Å². The van der Waals surface area contributed by atoms with E-state index >= 15 is 0 Å². The third kappa shape index (κ3) is 3.60. The predicted octanol–water partition coefficient (Wildman–Crippen LogP) is -1.00. The Hall–Kier alpha value is -0.320. The van der Waals surface area contributed by atoms with Gasteiger partial charge in [0.15, 0.2) is 12.6 Å². The summed E-state index contributed by atoms with van der Waals surface area (Å²) in [6.07, 6.45) is -6.42. The Labute approximate surface area is 129 Å². The van der Waals surface area contributed by atoms with Gasteiger partial charge in [-0.15, -0.1) is 0 Å². The quantitative estimate of drug-likeness (QED) is 0.605. The molecule has 0 unspecified atom stereocenters. The van der Waals surface area contributed by atoms with Crippen LogP contribution >= 0.6 is 0 Å². The maximum absolute atomic E-state index is 10.3. The zero-order valence-corrected chi connectivity index (χ0v) is 13.3. The standard InChI is InChI=1S/C14H26O8/c1-6-10(16)13(19-4)11(17)14(21-6)22-12-7(2)20-9(15)5-8(12)18-3/h6-17H,5H2,1-4H3/t6-,7-,8-,9-,10-,11-,12-,13-,14+/m1/s1. The van der Waals surface area contributed by atoms with Gasteiger partial charge in [-0.1, -0.05) is 0 Å². The van der Waals surface area contributed by atoms with Crippen LogP contribution in [0.1, 0.15) is 20.3 Å². The van der Waals surface area contributed by atoms with Crippen molar-refractivity contribution in [2.75, 3.05) is 14.2 Å². The first-order chi connectivity index (χ1) is 10.4. The normalized spacial score (nSPS) is 50.0. The zero-order chi connectivity index (χ0) is 16.4. The fourth-order valence-electron chi connectivity index (χ4n) is 2.99. The van der Waals surface area contributed by atoms with E-state index < -0.39 is 55.3 Å². The maximum Gasteiger partial charge on any atom is 0.187 e. The first-order valence-electron chi connectivity index (χ1n) is 7.45. The highest BCUT2D eigenvalue weighted by molar-refractivity contribution is 4.90. The number of hydrogen-bond donors (Lipinski definition) is 3. The van der Waals surface area contributed by atoms with Crippen LogP contribution in [-0.4, -0.2) is 84.8 Å². The number of aliphatic hydroxyl groups is 3. The van der Waals surface area contributed by atoms with Crippen molar-refractivity contribution >= 4 is 0 Å². The third-order valence-electron chi connectivity index (χ3n) is 4.28. The van der Waals surface area contributed by atoms with Crippen molar-refractivity contribution in [1.82, 2.24) is 0 Å². The van der Waals surface area contributed by atoms with Gasteiger partial charge >= 0.3 is 0 Å². The minimum absolute atomic E-state index is 0.264. The minimum Gasteiger partial charge on any atom is -0.388 e. The Morgan fingerprint density at radius 2 is 1.55 bits per heavy atom. The molecule has 0 aliphatic carbocycles. The van der Waals surface area contributed by atoms with Gasteiger partial charge in [-0.05, 0) is 13.8 Å². The lowest BCUT2D eigenvalue weighted by Gasteiger charge is -2.44. The number of hydrogen-bond acceptors (Lipinski definition) is 8. The highest BCUT2D eigenvalue weighted by Gasteiger charge is 2.47.